The molecule has 4 heteroatoms. The molecule has 1 aliphatic rings. The highest BCUT2D eigenvalue weighted by atomic mass is 16.1. The fourth-order valence-corrected chi connectivity index (χ4v) is 3.16. The Kier molecular flexibility index (Phi) is 3.61. The van der Waals surface area contributed by atoms with Gasteiger partial charge in [0.25, 0.3) is 0 Å². The van der Waals surface area contributed by atoms with Crippen LogP contribution in [0.4, 0.5) is 0 Å². The Morgan fingerprint density at radius 2 is 2.00 bits per heavy atom. The Labute approximate surface area is 129 Å². The third kappa shape index (κ3) is 2.34. The molecule has 4 nitrogen and oxygen atoms in total. The van der Waals surface area contributed by atoms with Crippen LogP contribution in [-0.2, 0) is 18.4 Å². The third-order valence-electron chi connectivity index (χ3n) is 4.36. The van der Waals surface area contributed by atoms with Gasteiger partial charge in [-0.05, 0) is 37.0 Å². The van der Waals surface area contributed by atoms with Gasteiger partial charge in [-0.15, -0.1) is 0 Å². The topological polar surface area (TPSA) is 50.8 Å². The molecule has 0 radical (unpaired) electrons. The SMILES string of the molecule is CC1=CC(C)CC=C1C(=O)Cn1c(=N)n(C)c2ccccc21. The average molecular weight is 295 g/mol. The van der Waals surface area contributed by atoms with Crippen LogP contribution in [0.5, 0.6) is 0 Å². The number of imidazole rings is 1. The fraction of sp³-hybridized carbons (Fsp3) is 0.333. The minimum Gasteiger partial charge on any atom is -0.313 e. The van der Waals surface area contributed by atoms with Crippen molar-refractivity contribution in [2.24, 2.45) is 13.0 Å². The number of hydrogen-bond acceptors (Lipinski definition) is 2. The van der Waals surface area contributed by atoms with E-state index in [1.165, 1.54) is 0 Å². The molecular weight excluding hydrogens is 274 g/mol. The molecule has 0 amide bonds. The summed E-state index contributed by atoms with van der Waals surface area (Å²) in [6, 6.07) is 7.82. The third-order valence-corrected chi connectivity index (χ3v) is 4.36. The number of nitrogens with one attached hydrogen (secondary N) is 1. The second-order valence-electron chi connectivity index (χ2n) is 6.06. The molecule has 1 atom stereocenters. The van der Waals surface area contributed by atoms with E-state index in [0.29, 0.717) is 11.5 Å². The lowest BCUT2D eigenvalue weighted by Gasteiger charge is -2.16. The Morgan fingerprint density at radius 3 is 2.68 bits per heavy atom. The summed E-state index contributed by atoms with van der Waals surface area (Å²) in [5.74, 6) is 0.573. The zero-order chi connectivity index (χ0) is 15.9. The van der Waals surface area contributed by atoms with Gasteiger partial charge in [-0.3, -0.25) is 10.2 Å². The van der Waals surface area contributed by atoms with Crippen LogP contribution in [0.3, 0.4) is 0 Å². The zero-order valence-corrected chi connectivity index (χ0v) is 13.3. The smallest absolute Gasteiger partial charge is 0.203 e. The molecule has 1 aromatic carbocycles. The molecule has 1 N–H and O–H groups in total. The molecule has 1 aromatic heterocycles. The summed E-state index contributed by atoms with van der Waals surface area (Å²) < 4.78 is 3.59. The van der Waals surface area contributed by atoms with E-state index in [-0.39, 0.29) is 12.3 Å². The molecule has 22 heavy (non-hydrogen) atoms. The first-order valence-corrected chi connectivity index (χ1v) is 7.60. The van der Waals surface area contributed by atoms with Gasteiger partial charge in [0.1, 0.15) is 0 Å². The highest BCUT2D eigenvalue weighted by molar-refractivity contribution is 6.00. The van der Waals surface area contributed by atoms with E-state index in [9.17, 15) is 4.79 Å². The predicted molar refractivity (Wildman–Crippen MR) is 87.4 cm³/mol. The van der Waals surface area contributed by atoms with Crippen LogP contribution < -0.4 is 5.62 Å². The highest BCUT2D eigenvalue weighted by Gasteiger charge is 2.18. The monoisotopic (exact) mass is 295 g/mol. The van der Waals surface area contributed by atoms with Crippen molar-refractivity contribution in [1.82, 2.24) is 9.13 Å². The van der Waals surface area contributed by atoms with Crippen molar-refractivity contribution in [1.29, 1.82) is 5.41 Å². The van der Waals surface area contributed by atoms with Crippen molar-refractivity contribution in [2.45, 2.75) is 26.8 Å². The van der Waals surface area contributed by atoms with E-state index < -0.39 is 0 Å². The number of hydrogen-bond donors (Lipinski definition) is 1. The second-order valence-corrected chi connectivity index (χ2v) is 6.06. The molecule has 0 aliphatic heterocycles. The van der Waals surface area contributed by atoms with E-state index >= 15 is 0 Å². The van der Waals surface area contributed by atoms with Crippen LogP contribution >= 0.6 is 0 Å². The van der Waals surface area contributed by atoms with E-state index in [1.54, 1.807) is 4.57 Å². The van der Waals surface area contributed by atoms with Gasteiger partial charge in [0.15, 0.2) is 5.78 Å². The molecule has 1 heterocycles. The second kappa shape index (κ2) is 5.44. The Morgan fingerprint density at radius 1 is 1.32 bits per heavy atom. The summed E-state index contributed by atoms with van der Waals surface area (Å²) in [4.78, 5) is 12.7. The van der Waals surface area contributed by atoms with Crippen LogP contribution in [0.2, 0.25) is 0 Å². The standard InChI is InChI=1S/C18H21N3O/c1-12-8-9-14(13(2)10-12)17(22)11-21-16-7-5-4-6-15(16)20(3)18(21)19/h4-7,9-10,12,19H,8,11H2,1-3H3. The molecule has 114 valence electrons. The van der Waals surface area contributed by atoms with E-state index in [0.717, 1.165) is 28.6 Å². The lowest BCUT2D eigenvalue weighted by atomic mass is 9.90. The van der Waals surface area contributed by atoms with Gasteiger partial charge in [-0.2, -0.15) is 0 Å². The van der Waals surface area contributed by atoms with Gasteiger partial charge in [0.2, 0.25) is 5.62 Å². The maximum Gasteiger partial charge on any atom is 0.203 e. The van der Waals surface area contributed by atoms with Crippen LogP contribution in [-0.4, -0.2) is 14.9 Å². The fourth-order valence-electron chi connectivity index (χ4n) is 3.16. The summed E-state index contributed by atoms with van der Waals surface area (Å²) in [6.45, 7) is 4.36. The molecule has 3 rings (SSSR count). The highest BCUT2D eigenvalue weighted by Crippen LogP contribution is 2.23. The lowest BCUT2D eigenvalue weighted by molar-refractivity contribution is -0.115. The molecule has 0 fully saturated rings. The van der Waals surface area contributed by atoms with Crippen molar-refractivity contribution >= 4 is 16.8 Å². The average Bonchev–Trinajstić information content (AvgIpc) is 2.73. The predicted octanol–water partition coefficient (Wildman–Crippen LogP) is 2.94. The molecule has 1 aliphatic carbocycles. The zero-order valence-electron chi connectivity index (χ0n) is 13.3. The number of allylic oxidation sites excluding steroid dienone is 4. The number of rotatable bonds is 3. The number of carbonyl (C=O) groups is 1. The quantitative estimate of drug-likeness (QED) is 0.930. The number of carbonyl (C=O) groups excluding carboxylic acids is 1. The van der Waals surface area contributed by atoms with Gasteiger partial charge in [-0.1, -0.05) is 31.2 Å². The number of nitrogens with zero attached hydrogens (tertiary/aromatic N) is 2. The van der Waals surface area contributed by atoms with Gasteiger partial charge < -0.3 is 9.13 Å². The van der Waals surface area contributed by atoms with Gasteiger partial charge in [-0.25, -0.2) is 0 Å². The number of para-hydroxylation sites is 2. The Bertz CT molecular complexity index is 864. The van der Waals surface area contributed by atoms with Crippen molar-refractivity contribution < 1.29 is 4.79 Å². The van der Waals surface area contributed by atoms with Gasteiger partial charge in [0, 0.05) is 12.6 Å². The van der Waals surface area contributed by atoms with Gasteiger partial charge in [0.05, 0.1) is 17.6 Å². The summed E-state index contributed by atoms with van der Waals surface area (Å²) in [7, 11) is 1.86. The number of ketones is 1. The first kappa shape index (κ1) is 14.6. The van der Waals surface area contributed by atoms with Crippen LogP contribution in [0.15, 0.2) is 47.6 Å². The molecule has 0 bridgehead atoms. The van der Waals surface area contributed by atoms with Crippen molar-refractivity contribution in [3.63, 3.8) is 0 Å². The van der Waals surface area contributed by atoms with E-state index in [4.69, 9.17) is 5.41 Å². The first-order valence-electron chi connectivity index (χ1n) is 7.60. The summed E-state index contributed by atoms with van der Waals surface area (Å²) in [5, 5.41) is 8.25. The number of aryl methyl sites for hydroxylation is 1. The molecule has 0 saturated carbocycles. The summed E-state index contributed by atoms with van der Waals surface area (Å²) in [5.41, 5.74) is 4.10. The van der Waals surface area contributed by atoms with Gasteiger partial charge >= 0.3 is 0 Å². The summed E-state index contributed by atoms with van der Waals surface area (Å²) >= 11 is 0. The number of fused-ring (bicyclic) bond motifs is 1. The molecule has 1 unspecified atom stereocenters. The lowest BCUT2D eigenvalue weighted by Crippen LogP contribution is -2.27. The largest absolute Gasteiger partial charge is 0.313 e. The molecular formula is C18H21N3O. The number of Topliss-reactive ketones (excluding diaryl/α,β-unsaturated/α-hetero) is 1. The van der Waals surface area contributed by atoms with Crippen molar-refractivity contribution in [2.75, 3.05) is 0 Å². The van der Waals surface area contributed by atoms with Crippen molar-refractivity contribution in [3.8, 4) is 0 Å². The molecule has 2 aromatic rings. The minimum absolute atomic E-state index is 0.0792. The Balaban J connectivity index is 1.98. The molecule has 0 spiro atoms. The van der Waals surface area contributed by atoms with Crippen LogP contribution in [0.1, 0.15) is 20.3 Å². The maximum atomic E-state index is 12.7. The van der Waals surface area contributed by atoms with E-state index in [1.807, 2.05) is 48.9 Å². The normalized spacial score (nSPS) is 18.2. The first-order chi connectivity index (χ1) is 10.5. The number of benzene rings is 1. The maximum absolute atomic E-state index is 12.7. The molecule has 0 saturated heterocycles. The number of aromatic nitrogens is 2. The Hall–Kier alpha value is -2.36. The van der Waals surface area contributed by atoms with Crippen LogP contribution in [0, 0.1) is 11.3 Å². The summed E-state index contributed by atoms with van der Waals surface area (Å²) in [6.07, 6.45) is 5.10. The van der Waals surface area contributed by atoms with Crippen LogP contribution in [0.25, 0.3) is 11.0 Å². The van der Waals surface area contributed by atoms with E-state index in [2.05, 4.69) is 13.0 Å². The van der Waals surface area contributed by atoms with Crippen molar-refractivity contribution in [3.05, 3.63) is 53.2 Å². The minimum atomic E-state index is 0.0792.